The van der Waals surface area contributed by atoms with Crippen molar-refractivity contribution < 1.29 is 9.32 Å². The summed E-state index contributed by atoms with van der Waals surface area (Å²) in [5, 5.41) is 4.74. The second kappa shape index (κ2) is 6.00. The molecule has 0 spiro atoms. The van der Waals surface area contributed by atoms with E-state index in [2.05, 4.69) is 30.8 Å². The normalized spacial score (nSPS) is 17.9. The first-order chi connectivity index (χ1) is 10.8. The third-order valence-electron chi connectivity index (χ3n) is 4.20. The molecule has 5 heteroatoms. The summed E-state index contributed by atoms with van der Waals surface area (Å²) < 4.78 is 5.36. The lowest BCUT2D eigenvalue weighted by molar-refractivity contribution is -0.120. The van der Waals surface area contributed by atoms with E-state index in [1.165, 1.54) is 0 Å². The average molecular weight is 333 g/mol. The van der Waals surface area contributed by atoms with Crippen LogP contribution in [0.25, 0.3) is 0 Å². The van der Waals surface area contributed by atoms with Gasteiger partial charge in [0.2, 0.25) is 0 Å². The Kier molecular flexibility index (Phi) is 4.19. The zero-order valence-electron chi connectivity index (χ0n) is 13.7. The number of anilines is 1. The summed E-state index contributed by atoms with van der Waals surface area (Å²) in [5.41, 5.74) is 1.65. The molecule has 0 amide bonds. The van der Waals surface area contributed by atoms with E-state index in [4.69, 9.17) is 16.1 Å². The molecule has 0 radical (unpaired) electrons. The highest BCUT2D eigenvalue weighted by molar-refractivity contribution is 6.30. The molecule has 1 aliphatic heterocycles. The van der Waals surface area contributed by atoms with Crippen LogP contribution in [0.15, 0.2) is 34.9 Å². The molecule has 3 rings (SSSR count). The molecule has 1 aromatic carbocycles. The highest BCUT2D eigenvalue weighted by Crippen LogP contribution is 2.29. The minimum atomic E-state index is -0.0971. The fourth-order valence-electron chi connectivity index (χ4n) is 2.71. The third-order valence-corrected chi connectivity index (χ3v) is 4.46. The van der Waals surface area contributed by atoms with Crippen molar-refractivity contribution in [3.05, 3.63) is 46.8 Å². The van der Waals surface area contributed by atoms with Crippen molar-refractivity contribution in [2.75, 3.05) is 11.4 Å². The van der Waals surface area contributed by atoms with Gasteiger partial charge in [0.15, 0.2) is 5.78 Å². The van der Waals surface area contributed by atoms with Gasteiger partial charge in [-0.1, -0.05) is 37.5 Å². The molecule has 0 saturated carbocycles. The Bertz CT molecular complexity index is 701. The molecule has 4 nitrogen and oxygen atoms in total. The smallest absolute Gasteiger partial charge is 0.161 e. The number of Topliss-reactive ketones (excluding diaryl/α,β-unsaturated/α-hetero) is 1. The molecule has 0 N–H and O–H groups in total. The van der Waals surface area contributed by atoms with Crippen molar-refractivity contribution in [1.82, 2.24) is 5.16 Å². The van der Waals surface area contributed by atoms with Crippen molar-refractivity contribution in [2.45, 2.75) is 45.1 Å². The zero-order chi connectivity index (χ0) is 16.6. The van der Waals surface area contributed by atoms with E-state index in [1.54, 1.807) is 0 Å². The molecule has 1 atom stereocenters. The summed E-state index contributed by atoms with van der Waals surface area (Å²) in [7, 11) is 0. The van der Waals surface area contributed by atoms with Crippen LogP contribution in [0, 0.1) is 0 Å². The molecule has 0 bridgehead atoms. The van der Waals surface area contributed by atoms with Crippen molar-refractivity contribution in [3.63, 3.8) is 0 Å². The minimum Gasteiger partial charge on any atom is -0.361 e. The summed E-state index contributed by atoms with van der Waals surface area (Å²) in [6.07, 6.45) is 1.19. The fraction of sp³-hybridized carbons (Fsp3) is 0.444. The number of halogens is 1. The van der Waals surface area contributed by atoms with E-state index in [0.29, 0.717) is 17.1 Å². The summed E-state index contributed by atoms with van der Waals surface area (Å²) >= 11 is 5.92. The SMILES string of the molecule is CC(C)(C)c1cc(CC(=O)[C@@H]2CCN2c2ccc(Cl)cc2)no1. The van der Waals surface area contributed by atoms with Crippen LogP contribution in [0.5, 0.6) is 0 Å². The predicted octanol–water partition coefficient (Wildman–Crippen LogP) is 4.02. The Labute approximate surface area is 141 Å². The van der Waals surface area contributed by atoms with Crippen LogP contribution in [-0.4, -0.2) is 23.5 Å². The van der Waals surface area contributed by atoms with Gasteiger partial charge in [-0.05, 0) is 30.7 Å². The van der Waals surface area contributed by atoms with Crippen LogP contribution in [0.1, 0.15) is 38.6 Å². The van der Waals surface area contributed by atoms with Crippen LogP contribution in [-0.2, 0) is 16.6 Å². The van der Waals surface area contributed by atoms with Crippen molar-refractivity contribution in [3.8, 4) is 0 Å². The molecule has 23 heavy (non-hydrogen) atoms. The van der Waals surface area contributed by atoms with E-state index in [-0.39, 0.29) is 17.2 Å². The van der Waals surface area contributed by atoms with Crippen molar-refractivity contribution in [2.24, 2.45) is 0 Å². The third kappa shape index (κ3) is 3.42. The van der Waals surface area contributed by atoms with Crippen LogP contribution in [0.4, 0.5) is 5.69 Å². The Morgan fingerprint density at radius 3 is 2.57 bits per heavy atom. The monoisotopic (exact) mass is 332 g/mol. The average Bonchev–Trinajstić information content (AvgIpc) is 2.88. The van der Waals surface area contributed by atoms with Gasteiger partial charge in [-0.2, -0.15) is 0 Å². The predicted molar refractivity (Wildman–Crippen MR) is 91.1 cm³/mol. The second-order valence-corrected chi connectivity index (χ2v) is 7.49. The number of carbonyl (C=O) groups excluding carboxylic acids is 1. The molecule has 2 aromatic rings. The standard InChI is InChI=1S/C18H21ClN2O2/c1-18(2,3)17-11-13(20-23-17)10-16(22)15-8-9-21(15)14-6-4-12(19)5-7-14/h4-7,11,15H,8-10H2,1-3H3/t15-/m0/s1. The van der Waals surface area contributed by atoms with E-state index >= 15 is 0 Å². The van der Waals surface area contributed by atoms with Gasteiger partial charge >= 0.3 is 0 Å². The van der Waals surface area contributed by atoms with Gasteiger partial charge in [0.25, 0.3) is 0 Å². The number of hydrogen-bond acceptors (Lipinski definition) is 4. The van der Waals surface area contributed by atoms with E-state index in [0.717, 1.165) is 24.4 Å². The Hall–Kier alpha value is -1.81. The molecular weight excluding hydrogens is 312 g/mol. The number of rotatable bonds is 4. The second-order valence-electron chi connectivity index (χ2n) is 7.05. The lowest BCUT2D eigenvalue weighted by Crippen LogP contribution is -2.53. The lowest BCUT2D eigenvalue weighted by atomic mass is 9.92. The summed E-state index contributed by atoms with van der Waals surface area (Å²) in [6.45, 7) is 7.08. The number of aromatic nitrogens is 1. The number of benzene rings is 1. The maximum absolute atomic E-state index is 12.6. The molecule has 0 unspecified atom stereocenters. The zero-order valence-corrected chi connectivity index (χ0v) is 14.4. The van der Waals surface area contributed by atoms with Crippen LogP contribution in [0.3, 0.4) is 0 Å². The lowest BCUT2D eigenvalue weighted by Gasteiger charge is -2.41. The Balaban J connectivity index is 1.66. The van der Waals surface area contributed by atoms with E-state index < -0.39 is 0 Å². The van der Waals surface area contributed by atoms with Gasteiger partial charge < -0.3 is 9.42 Å². The first-order valence-corrected chi connectivity index (χ1v) is 8.23. The quantitative estimate of drug-likeness (QED) is 0.848. The number of nitrogens with zero attached hydrogens (tertiary/aromatic N) is 2. The molecule has 2 heterocycles. The van der Waals surface area contributed by atoms with Gasteiger partial charge in [-0.3, -0.25) is 4.79 Å². The number of hydrogen-bond donors (Lipinski definition) is 0. The number of ketones is 1. The van der Waals surface area contributed by atoms with Crippen LogP contribution < -0.4 is 4.90 Å². The van der Waals surface area contributed by atoms with Gasteiger partial charge in [-0.15, -0.1) is 0 Å². The van der Waals surface area contributed by atoms with E-state index in [1.807, 2.05) is 30.3 Å². The summed E-state index contributed by atoms with van der Waals surface area (Å²) in [5.74, 6) is 0.989. The number of carbonyl (C=O) groups is 1. The van der Waals surface area contributed by atoms with Gasteiger partial charge in [0.1, 0.15) is 5.76 Å². The maximum Gasteiger partial charge on any atom is 0.161 e. The molecule has 122 valence electrons. The maximum atomic E-state index is 12.6. The van der Waals surface area contributed by atoms with E-state index in [9.17, 15) is 4.79 Å². The van der Waals surface area contributed by atoms with Crippen molar-refractivity contribution in [1.29, 1.82) is 0 Å². The van der Waals surface area contributed by atoms with Crippen molar-refractivity contribution >= 4 is 23.1 Å². The van der Waals surface area contributed by atoms with Crippen LogP contribution >= 0.6 is 11.6 Å². The summed E-state index contributed by atoms with van der Waals surface area (Å²) in [6, 6.07) is 9.42. The van der Waals surface area contributed by atoms with Gasteiger partial charge in [-0.25, -0.2) is 0 Å². The molecular formula is C18H21ClN2O2. The molecule has 1 aromatic heterocycles. The molecule has 1 saturated heterocycles. The highest BCUT2D eigenvalue weighted by atomic mass is 35.5. The minimum absolute atomic E-state index is 0.0778. The van der Waals surface area contributed by atoms with Crippen LogP contribution in [0.2, 0.25) is 5.02 Å². The van der Waals surface area contributed by atoms with Gasteiger partial charge in [0.05, 0.1) is 18.2 Å². The Morgan fingerprint density at radius 1 is 1.35 bits per heavy atom. The molecule has 1 aliphatic rings. The molecule has 1 fully saturated rings. The largest absolute Gasteiger partial charge is 0.361 e. The topological polar surface area (TPSA) is 46.3 Å². The Morgan fingerprint density at radius 2 is 2.04 bits per heavy atom. The first kappa shape index (κ1) is 16.1. The van der Waals surface area contributed by atoms with Gasteiger partial charge in [0, 0.05) is 28.7 Å². The molecule has 0 aliphatic carbocycles. The first-order valence-electron chi connectivity index (χ1n) is 7.85. The summed E-state index contributed by atoms with van der Waals surface area (Å²) in [4.78, 5) is 14.7. The fourth-order valence-corrected chi connectivity index (χ4v) is 2.83. The highest BCUT2D eigenvalue weighted by Gasteiger charge is 2.34.